The molecule has 0 saturated heterocycles. The van der Waals surface area contributed by atoms with E-state index < -0.39 is 8.32 Å². The molecule has 0 heterocycles. The maximum absolute atomic E-state index is 13.3. The highest BCUT2D eigenvalue weighted by molar-refractivity contribution is 6.74. The molecule has 0 spiro atoms. The van der Waals surface area contributed by atoms with Gasteiger partial charge in [0.05, 0.1) is 20.1 Å². The number of carbonyl (C=O) groups excluding carboxylic acids is 2. The van der Waals surface area contributed by atoms with Gasteiger partial charge in [0.25, 0.3) is 0 Å². The molecular formula is C23H40O4Si. The van der Waals surface area contributed by atoms with E-state index in [4.69, 9.17) is 9.16 Å². The summed E-state index contributed by atoms with van der Waals surface area (Å²) in [6, 6.07) is 0. The van der Waals surface area contributed by atoms with Crippen LogP contribution in [-0.2, 0) is 18.8 Å². The standard InChI is InChI=1S/C23H40O4Si/c1-17(2)11-10-13-23(6)14-12-18(16-27-28(8,9)22(3,4)5)21(25)19(23)15-20(24)26-7/h11-12,19H,10,13-16H2,1-9H3/t19-,23-/m0/s1. The number of esters is 1. The van der Waals surface area contributed by atoms with Gasteiger partial charge in [0, 0.05) is 11.5 Å². The molecule has 0 radical (unpaired) electrons. The Morgan fingerprint density at radius 1 is 1.32 bits per heavy atom. The summed E-state index contributed by atoms with van der Waals surface area (Å²) >= 11 is 0. The van der Waals surface area contributed by atoms with E-state index in [1.807, 2.05) is 6.08 Å². The number of Topliss-reactive ketones (excluding diaryl/α,β-unsaturated/α-hetero) is 1. The molecule has 160 valence electrons. The van der Waals surface area contributed by atoms with E-state index in [-0.39, 0.29) is 34.5 Å². The third-order valence-electron chi connectivity index (χ3n) is 6.55. The first-order valence-electron chi connectivity index (χ1n) is 10.3. The number of rotatable bonds is 8. The number of ether oxygens (including phenoxy) is 1. The molecule has 0 aromatic heterocycles. The summed E-state index contributed by atoms with van der Waals surface area (Å²) in [7, 11) is -0.559. The van der Waals surface area contributed by atoms with Gasteiger partial charge in [0.1, 0.15) is 0 Å². The quantitative estimate of drug-likeness (QED) is 0.288. The Hall–Kier alpha value is -1.20. The van der Waals surface area contributed by atoms with Crippen molar-refractivity contribution in [2.45, 2.75) is 85.4 Å². The summed E-state index contributed by atoms with van der Waals surface area (Å²) in [5, 5.41) is 0.0928. The summed E-state index contributed by atoms with van der Waals surface area (Å²) in [5.74, 6) is -0.623. The van der Waals surface area contributed by atoms with Gasteiger partial charge in [0.2, 0.25) is 0 Å². The maximum Gasteiger partial charge on any atom is 0.306 e. The van der Waals surface area contributed by atoms with Crippen LogP contribution in [0, 0.1) is 11.3 Å². The fraction of sp³-hybridized carbons (Fsp3) is 0.739. The zero-order chi connectivity index (χ0) is 21.8. The molecule has 0 unspecified atom stereocenters. The lowest BCUT2D eigenvalue weighted by atomic mass is 9.64. The van der Waals surface area contributed by atoms with Crippen LogP contribution in [0.15, 0.2) is 23.3 Å². The van der Waals surface area contributed by atoms with Crippen molar-refractivity contribution >= 4 is 20.1 Å². The van der Waals surface area contributed by atoms with Gasteiger partial charge in [-0.25, -0.2) is 0 Å². The first kappa shape index (κ1) is 24.8. The van der Waals surface area contributed by atoms with Crippen LogP contribution in [0.5, 0.6) is 0 Å². The number of ketones is 1. The van der Waals surface area contributed by atoms with Gasteiger partial charge in [-0.3, -0.25) is 9.59 Å². The number of hydrogen-bond acceptors (Lipinski definition) is 4. The monoisotopic (exact) mass is 408 g/mol. The van der Waals surface area contributed by atoms with Gasteiger partial charge in [0.15, 0.2) is 14.1 Å². The molecule has 5 heteroatoms. The Labute approximate surface area is 172 Å². The first-order chi connectivity index (χ1) is 12.7. The van der Waals surface area contributed by atoms with E-state index in [1.54, 1.807) is 0 Å². The average molecular weight is 409 g/mol. The lowest BCUT2D eigenvalue weighted by molar-refractivity contribution is -0.146. The number of methoxy groups -OCH3 is 1. The molecule has 0 bridgehead atoms. The minimum absolute atomic E-state index is 0.0510. The molecular weight excluding hydrogens is 368 g/mol. The molecule has 0 amide bonds. The highest BCUT2D eigenvalue weighted by Crippen LogP contribution is 2.45. The fourth-order valence-corrected chi connectivity index (χ4v) is 4.25. The number of carbonyl (C=O) groups is 2. The molecule has 0 fully saturated rings. The van der Waals surface area contributed by atoms with Crippen molar-refractivity contribution in [3.05, 3.63) is 23.3 Å². The van der Waals surface area contributed by atoms with E-state index in [0.717, 1.165) is 24.8 Å². The first-order valence-corrected chi connectivity index (χ1v) is 13.2. The highest BCUT2D eigenvalue weighted by atomic mass is 28.4. The molecule has 2 atom stereocenters. The Morgan fingerprint density at radius 2 is 1.93 bits per heavy atom. The van der Waals surface area contributed by atoms with Crippen LogP contribution in [0.4, 0.5) is 0 Å². The maximum atomic E-state index is 13.3. The molecule has 0 aromatic carbocycles. The largest absolute Gasteiger partial charge is 0.469 e. The molecule has 4 nitrogen and oxygen atoms in total. The van der Waals surface area contributed by atoms with E-state index in [1.165, 1.54) is 12.7 Å². The van der Waals surface area contributed by atoms with Crippen LogP contribution in [0.3, 0.4) is 0 Å². The van der Waals surface area contributed by atoms with Gasteiger partial charge in [-0.15, -0.1) is 0 Å². The summed E-state index contributed by atoms with van der Waals surface area (Å²) in [4.78, 5) is 25.3. The van der Waals surface area contributed by atoms with Crippen molar-refractivity contribution in [2.24, 2.45) is 11.3 Å². The van der Waals surface area contributed by atoms with Crippen LogP contribution < -0.4 is 0 Å². The normalized spacial score (nSPS) is 23.2. The minimum Gasteiger partial charge on any atom is -0.469 e. The zero-order valence-corrected chi connectivity index (χ0v) is 20.4. The van der Waals surface area contributed by atoms with E-state index in [0.29, 0.717) is 6.61 Å². The molecule has 28 heavy (non-hydrogen) atoms. The molecule has 1 rings (SSSR count). The lowest BCUT2D eigenvalue weighted by Gasteiger charge is -2.41. The smallest absolute Gasteiger partial charge is 0.306 e. The Kier molecular flexibility index (Phi) is 8.45. The summed E-state index contributed by atoms with van der Waals surface area (Å²) in [6.45, 7) is 17.6. The van der Waals surface area contributed by atoms with E-state index >= 15 is 0 Å². The van der Waals surface area contributed by atoms with Gasteiger partial charge >= 0.3 is 5.97 Å². The van der Waals surface area contributed by atoms with Crippen LogP contribution in [-0.4, -0.2) is 33.8 Å². The van der Waals surface area contributed by atoms with Crippen LogP contribution >= 0.6 is 0 Å². The van der Waals surface area contributed by atoms with Crippen molar-refractivity contribution in [2.75, 3.05) is 13.7 Å². The summed E-state index contributed by atoms with van der Waals surface area (Å²) in [5.41, 5.74) is 1.75. The third-order valence-corrected chi connectivity index (χ3v) is 11.0. The second-order valence-corrected chi connectivity index (χ2v) is 15.0. The summed E-state index contributed by atoms with van der Waals surface area (Å²) in [6.07, 6.45) is 6.95. The summed E-state index contributed by atoms with van der Waals surface area (Å²) < 4.78 is 11.2. The highest BCUT2D eigenvalue weighted by Gasteiger charge is 2.44. The topological polar surface area (TPSA) is 52.6 Å². The van der Waals surface area contributed by atoms with Crippen molar-refractivity contribution in [3.63, 3.8) is 0 Å². The Balaban J connectivity index is 3.03. The molecule has 0 aliphatic heterocycles. The zero-order valence-electron chi connectivity index (χ0n) is 19.4. The van der Waals surface area contributed by atoms with Crippen molar-refractivity contribution in [3.8, 4) is 0 Å². The lowest BCUT2D eigenvalue weighted by Crippen LogP contribution is -2.44. The number of hydrogen-bond donors (Lipinski definition) is 0. The van der Waals surface area contributed by atoms with Crippen LogP contribution in [0.25, 0.3) is 0 Å². The SMILES string of the molecule is COC(=O)C[C@H]1C(=O)C(CO[Si](C)(C)C(C)(C)C)=CC[C@]1(C)CCC=C(C)C. The Bertz CT molecular complexity index is 635. The molecule has 1 aliphatic rings. The van der Waals surface area contributed by atoms with E-state index in [2.05, 4.69) is 60.7 Å². The van der Waals surface area contributed by atoms with Crippen molar-refractivity contribution < 1.29 is 18.8 Å². The molecule has 1 aliphatic carbocycles. The van der Waals surface area contributed by atoms with Crippen LogP contribution in [0.1, 0.15) is 67.2 Å². The second-order valence-electron chi connectivity index (χ2n) is 10.2. The average Bonchev–Trinajstić information content (AvgIpc) is 2.56. The number of allylic oxidation sites excluding steroid dienone is 3. The molecule has 0 saturated carbocycles. The van der Waals surface area contributed by atoms with Gasteiger partial charge in [-0.05, 0) is 56.7 Å². The molecule has 0 aromatic rings. The second kappa shape index (κ2) is 9.53. The van der Waals surface area contributed by atoms with Crippen molar-refractivity contribution in [1.82, 2.24) is 0 Å². The fourth-order valence-electron chi connectivity index (χ4n) is 3.30. The Morgan fingerprint density at radius 3 is 2.43 bits per heavy atom. The minimum atomic E-state index is -1.94. The van der Waals surface area contributed by atoms with E-state index in [9.17, 15) is 9.59 Å². The molecule has 0 N–H and O–H groups in total. The predicted octanol–water partition coefficient (Wildman–Crippen LogP) is 5.84. The third kappa shape index (κ3) is 6.41. The predicted molar refractivity (Wildman–Crippen MR) is 118 cm³/mol. The van der Waals surface area contributed by atoms with Gasteiger partial charge in [-0.1, -0.05) is 45.4 Å². The van der Waals surface area contributed by atoms with Gasteiger partial charge in [-0.2, -0.15) is 0 Å². The van der Waals surface area contributed by atoms with Crippen LogP contribution in [0.2, 0.25) is 18.1 Å². The van der Waals surface area contributed by atoms with Gasteiger partial charge < -0.3 is 9.16 Å². The van der Waals surface area contributed by atoms with Crippen molar-refractivity contribution in [1.29, 1.82) is 0 Å².